The van der Waals surface area contributed by atoms with Crippen molar-refractivity contribution in [3.8, 4) is 18.2 Å². The van der Waals surface area contributed by atoms with Crippen LogP contribution in [0, 0.1) is 32.2 Å². The van der Waals surface area contributed by atoms with Crippen molar-refractivity contribution in [2.75, 3.05) is 5.32 Å². The molecule has 0 radical (unpaired) electrons. The molecule has 0 aliphatic rings. The standard InChI is InChI=1S/C28H35N3O5/c1-9-31(26(34)22(17(2)3)30-27(35)36-28(6,7)8)24(20-13-15-21(32)16-14-20)25(33)29-23-18(4)11-10-12-19(23)5/h1,10-17,22,24,32H,2-8H3,(H,29,33)(H,30,35). The second-order valence-electron chi connectivity index (χ2n) is 9.96. The van der Waals surface area contributed by atoms with Crippen LogP contribution in [0.25, 0.3) is 0 Å². The molecule has 2 atom stereocenters. The lowest BCUT2D eigenvalue weighted by Gasteiger charge is -2.32. The number of hydrogen-bond acceptors (Lipinski definition) is 5. The van der Waals surface area contributed by atoms with Gasteiger partial charge in [0.1, 0.15) is 23.4 Å². The fourth-order valence-corrected chi connectivity index (χ4v) is 3.64. The maximum atomic E-state index is 13.7. The number of amides is 3. The van der Waals surface area contributed by atoms with Crippen LogP contribution in [-0.4, -0.2) is 39.6 Å². The number of anilines is 1. The van der Waals surface area contributed by atoms with Gasteiger partial charge < -0.3 is 20.5 Å². The fraction of sp³-hybridized carbons (Fsp3) is 0.393. The number of carbonyl (C=O) groups excluding carboxylic acids is 3. The number of rotatable bonds is 7. The Morgan fingerprint density at radius 3 is 2.06 bits per heavy atom. The minimum Gasteiger partial charge on any atom is -0.508 e. The number of phenols is 1. The molecule has 0 bridgehead atoms. The van der Waals surface area contributed by atoms with Crippen molar-refractivity contribution < 1.29 is 24.2 Å². The van der Waals surface area contributed by atoms with Gasteiger partial charge in [-0.3, -0.25) is 14.5 Å². The molecule has 2 rings (SSSR count). The summed E-state index contributed by atoms with van der Waals surface area (Å²) in [7, 11) is 0. The Labute approximate surface area is 213 Å². The second kappa shape index (κ2) is 11.6. The topological polar surface area (TPSA) is 108 Å². The number of ether oxygens (including phenoxy) is 1. The lowest BCUT2D eigenvalue weighted by molar-refractivity contribution is -0.137. The van der Waals surface area contributed by atoms with Crippen LogP contribution >= 0.6 is 0 Å². The summed E-state index contributed by atoms with van der Waals surface area (Å²) in [4.78, 5) is 40.7. The number of aryl methyl sites for hydroxylation is 2. The summed E-state index contributed by atoms with van der Waals surface area (Å²) in [6.07, 6.45) is 5.01. The molecule has 2 aromatic carbocycles. The molecule has 0 saturated heterocycles. The largest absolute Gasteiger partial charge is 0.508 e. The van der Waals surface area contributed by atoms with E-state index in [1.165, 1.54) is 24.3 Å². The first-order valence-electron chi connectivity index (χ1n) is 11.7. The summed E-state index contributed by atoms with van der Waals surface area (Å²) in [6.45, 7) is 12.4. The van der Waals surface area contributed by atoms with Crippen molar-refractivity contribution in [2.45, 2.75) is 66.2 Å². The first-order valence-corrected chi connectivity index (χ1v) is 11.7. The number of phenolic OH excluding ortho intramolecular Hbond substituents is 1. The van der Waals surface area contributed by atoms with Gasteiger partial charge in [-0.2, -0.15) is 0 Å². The van der Waals surface area contributed by atoms with Crippen LogP contribution in [0.15, 0.2) is 42.5 Å². The SMILES string of the molecule is C#CN(C(=O)C(NC(=O)OC(C)(C)C)C(C)C)C(C(=O)Nc1c(C)cccc1C)c1ccc(O)cc1. The van der Waals surface area contributed by atoms with Crippen LogP contribution < -0.4 is 10.6 Å². The number of benzene rings is 2. The van der Waals surface area contributed by atoms with Gasteiger partial charge in [0.05, 0.1) is 0 Å². The van der Waals surface area contributed by atoms with Crippen molar-refractivity contribution in [2.24, 2.45) is 5.92 Å². The summed E-state index contributed by atoms with van der Waals surface area (Å²) >= 11 is 0. The summed E-state index contributed by atoms with van der Waals surface area (Å²) < 4.78 is 5.31. The van der Waals surface area contributed by atoms with Crippen LogP contribution in [0.3, 0.4) is 0 Å². The summed E-state index contributed by atoms with van der Waals surface area (Å²) in [5.41, 5.74) is 1.93. The molecule has 3 amide bonds. The zero-order chi connectivity index (χ0) is 27.2. The van der Waals surface area contributed by atoms with E-state index in [4.69, 9.17) is 11.2 Å². The van der Waals surface area contributed by atoms with Crippen molar-refractivity contribution in [3.05, 3.63) is 59.2 Å². The van der Waals surface area contributed by atoms with Gasteiger partial charge in [0.15, 0.2) is 0 Å². The average Bonchev–Trinajstić information content (AvgIpc) is 2.77. The number of aromatic hydroxyl groups is 1. The zero-order valence-electron chi connectivity index (χ0n) is 21.9. The summed E-state index contributed by atoms with van der Waals surface area (Å²) in [5, 5.41) is 15.2. The molecule has 2 unspecified atom stereocenters. The third-order valence-electron chi connectivity index (χ3n) is 5.43. The van der Waals surface area contributed by atoms with Gasteiger partial charge >= 0.3 is 6.09 Å². The summed E-state index contributed by atoms with van der Waals surface area (Å²) in [6, 6.07) is 11.5. The van der Waals surface area contributed by atoms with Gasteiger partial charge in [0, 0.05) is 11.7 Å². The third kappa shape index (κ3) is 7.25. The lowest BCUT2D eigenvalue weighted by atomic mass is 9.99. The van der Waals surface area contributed by atoms with Crippen molar-refractivity contribution in [3.63, 3.8) is 0 Å². The molecule has 0 spiro atoms. The van der Waals surface area contributed by atoms with E-state index in [2.05, 4.69) is 16.7 Å². The van der Waals surface area contributed by atoms with Crippen molar-refractivity contribution in [1.82, 2.24) is 10.2 Å². The molecule has 36 heavy (non-hydrogen) atoms. The maximum Gasteiger partial charge on any atom is 0.408 e. The molecule has 0 fully saturated rings. The van der Waals surface area contributed by atoms with Crippen LogP contribution in [0.2, 0.25) is 0 Å². The minimum absolute atomic E-state index is 0.00195. The highest BCUT2D eigenvalue weighted by Crippen LogP contribution is 2.28. The van der Waals surface area contributed by atoms with Gasteiger partial charge in [-0.1, -0.05) is 50.6 Å². The van der Waals surface area contributed by atoms with Crippen LogP contribution in [0.1, 0.15) is 57.4 Å². The smallest absolute Gasteiger partial charge is 0.408 e. The highest BCUT2D eigenvalue weighted by atomic mass is 16.6. The highest BCUT2D eigenvalue weighted by molar-refractivity contribution is 6.00. The van der Waals surface area contributed by atoms with Gasteiger partial charge in [0.25, 0.3) is 11.8 Å². The van der Waals surface area contributed by atoms with Crippen LogP contribution in [0.4, 0.5) is 10.5 Å². The molecule has 0 heterocycles. The summed E-state index contributed by atoms with van der Waals surface area (Å²) in [5.74, 6) is -1.54. The van der Waals surface area contributed by atoms with Crippen LogP contribution in [0.5, 0.6) is 5.75 Å². The molecule has 0 saturated carbocycles. The van der Waals surface area contributed by atoms with E-state index in [-0.39, 0.29) is 11.7 Å². The number of terminal acetylenes is 1. The molecule has 8 heteroatoms. The number of hydrogen-bond donors (Lipinski definition) is 3. The molecule has 2 aromatic rings. The maximum absolute atomic E-state index is 13.7. The van der Waals surface area contributed by atoms with Gasteiger partial charge in [-0.25, -0.2) is 4.79 Å². The van der Waals surface area contributed by atoms with E-state index in [0.29, 0.717) is 11.3 Å². The Balaban J connectivity index is 2.48. The Bertz CT molecular complexity index is 1120. The zero-order valence-corrected chi connectivity index (χ0v) is 21.9. The number of alkyl carbamates (subject to hydrolysis) is 1. The Morgan fingerprint density at radius 2 is 1.58 bits per heavy atom. The molecule has 0 aromatic heterocycles. The fourth-order valence-electron chi connectivity index (χ4n) is 3.64. The predicted molar refractivity (Wildman–Crippen MR) is 139 cm³/mol. The van der Waals surface area contributed by atoms with E-state index < -0.39 is 35.6 Å². The molecular formula is C28H35N3O5. The molecule has 3 N–H and O–H groups in total. The quantitative estimate of drug-likeness (QED) is 0.384. The van der Waals surface area contributed by atoms with Crippen molar-refractivity contribution >= 4 is 23.6 Å². The van der Waals surface area contributed by atoms with E-state index in [1.54, 1.807) is 34.6 Å². The van der Waals surface area contributed by atoms with Gasteiger partial charge in [-0.15, -0.1) is 0 Å². The molecule has 192 valence electrons. The van der Waals surface area contributed by atoms with E-state index in [1.807, 2.05) is 32.0 Å². The number of carbonyl (C=O) groups is 3. The van der Waals surface area contributed by atoms with E-state index >= 15 is 0 Å². The Hall–Kier alpha value is -3.99. The van der Waals surface area contributed by atoms with Crippen LogP contribution in [-0.2, 0) is 14.3 Å². The number of para-hydroxylation sites is 1. The monoisotopic (exact) mass is 493 g/mol. The molecule has 0 aliphatic heterocycles. The highest BCUT2D eigenvalue weighted by Gasteiger charge is 2.37. The number of nitrogens with zero attached hydrogens (tertiary/aromatic N) is 1. The number of nitrogens with one attached hydrogen (secondary N) is 2. The van der Waals surface area contributed by atoms with E-state index in [9.17, 15) is 19.5 Å². The molecule has 8 nitrogen and oxygen atoms in total. The molecule has 0 aliphatic carbocycles. The average molecular weight is 494 g/mol. The van der Waals surface area contributed by atoms with Gasteiger partial charge in [-0.05, 0) is 69.4 Å². The normalized spacial score (nSPS) is 12.8. The third-order valence-corrected chi connectivity index (χ3v) is 5.43. The van der Waals surface area contributed by atoms with Crippen molar-refractivity contribution in [1.29, 1.82) is 0 Å². The Morgan fingerprint density at radius 1 is 1.03 bits per heavy atom. The lowest BCUT2D eigenvalue weighted by Crippen LogP contribution is -2.53. The first kappa shape index (κ1) is 28.2. The molecular weight excluding hydrogens is 458 g/mol. The second-order valence-corrected chi connectivity index (χ2v) is 9.96. The predicted octanol–water partition coefficient (Wildman–Crippen LogP) is 4.66. The van der Waals surface area contributed by atoms with E-state index in [0.717, 1.165) is 16.0 Å². The van der Waals surface area contributed by atoms with Gasteiger partial charge in [0.2, 0.25) is 0 Å². The minimum atomic E-state index is -1.23. The Kier molecular flexibility index (Phi) is 9.12. The first-order chi connectivity index (χ1) is 16.7.